The Bertz CT molecular complexity index is 129. The van der Waals surface area contributed by atoms with Crippen LogP contribution in [0.5, 0.6) is 0 Å². The van der Waals surface area contributed by atoms with Crippen LogP contribution < -0.4 is 5.32 Å². The Balaban J connectivity index is 3.15. The number of nitrogens with one attached hydrogen (secondary N) is 1. The summed E-state index contributed by atoms with van der Waals surface area (Å²) in [5, 5.41) is 3.35. The van der Waals surface area contributed by atoms with Gasteiger partial charge in [-0.25, -0.2) is 0 Å². The molecular formula is C12H27NO2. The maximum absolute atomic E-state index is 5.67. The lowest BCUT2D eigenvalue weighted by Crippen LogP contribution is -2.28. The summed E-state index contributed by atoms with van der Waals surface area (Å²) in [6, 6.07) is 0. The minimum absolute atomic E-state index is 0.311. The zero-order chi connectivity index (χ0) is 11.5. The van der Waals surface area contributed by atoms with Gasteiger partial charge < -0.3 is 14.8 Å². The molecule has 1 atom stereocenters. The van der Waals surface area contributed by atoms with Crippen molar-refractivity contribution in [1.82, 2.24) is 5.32 Å². The molecule has 0 radical (unpaired) electrons. The van der Waals surface area contributed by atoms with E-state index in [1.165, 1.54) is 0 Å². The Morgan fingerprint density at radius 3 is 2.47 bits per heavy atom. The van der Waals surface area contributed by atoms with Gasteiger partial charge >= 0.3 is 0 Å². The van der Waals surface area contributed by atoms with Crippen LogP contribution in [0.15, 0.2) is 0 Å². The Morgan fingerprint density at radius 1 is 1.13 bits per heavy atom. The maximum Gasteiger partial charge on any atom is 0.0671 e. The van der Waals surface area contributed by atoms with Gasteiger partial charge in [0, 0.05) is 26.9 Å². The molecule has 0 fully saturated rings. The van der Waals surface area contributed by atoms with E-state index in [0.717, 1.165) is 45.1 Å². The summed E-state index contributed by atoms with van der Waals surface area (Å²) in [6.07, 6.45) is 2.52. The highest BCUT2D eigenvalue weighted by atomic mass is 16.5. The molecule has 0 heterocycles. The summed E-state index contributed by atoms with van der Waals surface area (Å²) < 4.78 is 10.6. The predicted octanol–water partition coefficient (Wildman–Crippen LogP) is 2.06. The summed E-state index contributed by atoms with van der Waals surface area (Å²) in [4.78, 5) is 0. The second kappa shape index (κ2) is 10.4. The van der Waals surface area contributed by atoms with E-state index >= 15 is 0 Å². The summed E-state index contributed by atoms with van der Waals surface area (Å²) in [5.41, 5.74) is 0. The lowest BCUT2D eigenvalue weighted by Gasteiger charge is -2.14. The molecule has 0 bridgehead atoms. The first-order chi connectivity index (χ1) is 7.16. The predicted molar refractivity (Wildman–Crippen MR) is 64.2 cm³/mol. The van der Waals surface area contributed by atoms with Crippen LogP contribution in [0.25, 0.3) is 0 Å². The Kier molecular flexibility index (Phi) is 10.3. The Hall–Kier alpha value is -0.120. The van der Waals surface area contributed by atoms with Gasteiger partial charge in [0.05, 0.1) is 6.10 Å². The third kappa shape index (κ3) is 11.8. The molecule has 3 heteroatoms. The molecule has 0 aromatic heterocycles. The van der Waals surface area contributed by atoms with E-state index in [0.29, 0.717) is 6.10 Å². The van der Waals surface area contributed by atoms with Gasteiger partial charge in [0.15, 0.2) is 0 Å². The molecule has 1 unspecified atom stereocenters. The lowest BCUT2D eigenvalue weighted by atomic mass is 10.1. The quantitative estimate of drug-likeness (QED) is 0.568. The van der Waals surface area contributed by atoms with Gasteiger partial charge in [0.1, 0.15) is 0 Å². The van der Waals surface area contributed by atoms with Gasteiger partial charge in [0.2, 0.25) is 0 Å². The summed E-state index contributed by atoms with van der Waals surface area (Å²) in [6.45, 7) is 10.2. The van der Waals surface area contributed by atoms with Crippen molar-refractivity contribution in [2.75, 3.05) is 33.4 Å². The van der Waals surface area contributed by atoms with Crippen LogP contribution in [0.3, 0.4) is 0 Å². The largest absolute Gasteiger partial charge is 0.385 e. The summed E-state index contributed by atoms with van der Waals surface area (Å²) >= 11 is 0. The first kappa shape index (κ1) is 14.9. The molecule has 0 rings (SSSR count). The molecule has 15 heavy (non-hydrogen) atoms. The minimum atomic E-state index is 0.311. The second-order valence-corrected chi connectivity index (χ2v) is 4.41. The van der Waals surface area contributed by atoms with Gasteiger partial charge in [-0.15, -0.1) is 0 Å². The molecule has 3 nitrogen and oxygen atoms in total. The van der Waals surface area contributed by atoms with Crippen molar-refractivity contribution in [2.24, 2.45) is 5.92 Å². The monoisotopic (exact) mass is 217 g/mol. The molecule has 0 aliphatic carbocycles. The molecule has 0 aromatic rings. The molecule has 1 N–H and O–H groups in total. The van der Waals surface area contributed by atoms with Crippen LogP contribution in [-0.4, -0.2) is 39.5 Å². The molecular weight excluding hydrogens is 190 g/mol. The smallest absolute Gasteiger partial charge is 0.0671 e. The molecule has 0 saturated carbocycles. The van der Waals surface area contributed by atoms with Gasteiger partial charge in [-0.05, 0) is 32.2 Å². The number of methoxy groups -OCH3 is 1. The van der Waals surface area contributed by atoms with E-state index in [2.05, 4.69) is 26.1 Å². The van der Waals surface area contributed by atoms with Crippen molar-refractivity contribution >= 4 is 0 Å². The molecule has 0 spiro atoms. The van der Waals surface area contributed by atoms with E-state index < -0.39 is 0 Å². The zero-order valence-electron chi connectivity index (χ0n) is 10.7. The van der Waals surface area contributed by atoms with Crippen molar-refractivity contribution < 1.29 is 9.47 Å². The van der Waals surface area contributed by atoms with Crippen LogP contribution in [-0.2, 0) is 9.47 Å². The van der Waals surface area contributed by atoms with Crippen molar-refractivity contribution in [3.8, 4) is 0 Å². The standard InChI is InChI=1S/C12H27NO2/c1-11(2)6-9-15-12(3)10-13-7-5-8-14-4/h11-13H,5-10H2,1-4H3. The molecule has 0 aromatic carbocycles. The van der Waals surface area contributed by atoms with Gasteiger partial charge in [-0.2, -0.15) is 0 Å². The van der Waals surface area contributed by atoms with E-state index in [1.54, 1.807) is 7.11 Å². The fraction of sp³-hybridized carbons (Fsp3) is 1.00. The fourth-order valence-electron chi connectivity index (χ4n) is 1.21. The third-order valence-electron chi connectivity index (χ3n) is 2.23. The average molecular weight is 217 g/mol. The molecule has 0 aliphatic heterocycles. The second-order valence-electron chi connectivity index (χ2n) is 4.41. The van der Waals surface area contributed by atoms with Crippen LogP contribution in [0.2, 0.25) is 0 Å². The van der Waals surface area contributed by atoms with E-state index in [1.807, 2.05) is 0 Å². The highest BCUT2D eigenvalue weighted by molar-refractivity contribution is 4.56. The number of hydrogen-bond donors (Lipinski definition) is 1. The molecule has 92 valence electrons. The van der Waals surface area contributed by atoms with E-state index in [4.69, 9.17) is 9.47 Å². The lowest BCUT2D eigenvalue weighted by molar-refractivity contribution is 0.0584. The van der Waals surface area contributed by atoms with Gasteiger partial charge in [0.25, 0.3) is 0 Å². The van der Waals surface area contributed by atoms with Gasteiger partial charge in [-0.3, -0.25) is 0 Å². The fourth-order valence-corrected chi connectivity index (χ4v) is 1.21. The van der Waals surface area contributed by atoms with Crippen molar-refractivity contribution in [3.63, 3.8) is 0 Å². The SMILES string of the molecule is COCCCNCC(C)OCCC(C)C. The van der Waals surface area contributed by atoms with Crippen molar-refractivity contribution in [2.45, 2.75) is 39.7 Å². The molecule has 0 aliphatic rings. The topological polar surface area (TPSA) is 30.5 Å². The van der Waals surface area contributed by atoms with E-state index in [9.17, 15) is 0 Å². The first-order valence-corrected chi connectivity index (χ1v) is 5.98. The number of ether oxygens (including phenoxy) is 2. The summed E-state index contributed by atoms with van der Waals surface area (Å²) in [7, 11) is 1.73. The minimum Gasteiger partial charge on any atom is -0.385 e. The average Bonchev–Trinajstić information content (AvgIpc) is 2.17. The first-order valence-electron chi connectivity index (χ1n) is 5.98. The van der Waals surface area contributed by atoms with Crippen molar-refractivity contribution in [1.29, 1.82) is 0 Å². The maximum atomic E-state index is 5.67. The highest BCUT2D eigenvalue weighted by Gasteiger charge is 2.01. The number of hydrogen-bond acceptors (Lipinski definition) is 3. The van der Waals surface area contributed by atoms with Crippen LogP contribution in [0.1, 0.15) is 33.6 Å². The highest BCUT2D eigenvalue weighted by Crippen LogP contribution is 2.00. The normalized spacial score (nSPS) is 13.4. The molecule has 0 amide bonds. The van der Waals surface area contributed by atoms with Crippen LogP contribution in [0, 0.1) is 5.92 Å². The van der Waals surface area contributed by atoms with Crippen LogP contribution in [0.4, 0.5) is 0 Å². The molecule has 0 saturated heterocycles. The van der Waals surface area contributed by atoms with Crippen molar-refractivity contribution in [3.05, 3.63) is 0 Å². The Labute approximate surface area is 94.5 Å². The van der Waals surface area contributed by atoms with Gasteiger partial charge in [-0.1, -0.05) is 13.8 Å². The summed E-state index contributed by atoms with van der Waals surface area (Å²) in [5.74, 6) is 0.729. The van der Waals surface area contributed by atoms with E-state index in [-0.39, 0.29) is 0 Å². The number of rotatable bonds is 10. The van der Waals surface area contributed by atoms with Crippen LogP contribution >= 0.6 is 0 Å². The zero-order valence-corrected chi connectivity index (χ0v) is 10.7. The third-order valence-corrected chi connectivity index (χ3v) is 2.23. The Morgan fingerprint density at radius 2 is 1.87 bits per heavy atom.